The number of unbranched alkanes of at least 4 members (excludes halogenated alkanes) is 23. The molecular weight excluding hydrogens is 586 g/mol. The van der Waals surface area contributed by atoms with Crippen molar-refractivity contribution in [1.82, 2.24) is 5.32 Å². The van der Waals surface area contributed by atoms with Crippen LogP contribution in [0.2, 0.25) is 0 Å². The van der Waals surface area contributed by atoms with Crippen molar-refractivity contribution in [2.75, 3.05) is 6.61 Å². The second-order valence-electron chi connectivity index (χ2n) is 14.0. The van der Waals surface area contributed by atoms with Crippen LogP contribution in [0.15, 0.2) is 24.3 Å². The molecule has 278 valence electrons. The first-order valence-electron chi connectivity index (χ1n) is 20.2. The molecule has 0 saturated carbocycles. The van der Waals surface area contributed by atoms with Gasteiger partial charge in [0.1, 0.15) is 12.2 Å². The minimum atomic E-state index is -1.26. The fourth-order valence-corrected chi connectivity index (χ4v) is 6.14. The Kier molecular flexibility index (Phi) is 35.2. The predicted molar refractivity (Wildman–Crippen MR) is 201 cm³/mol. The number of hydrogen-bond acceptors (Lipinski definition) is 5. The van der Waals surface area contributed by atoms with E-state index in [1.165, 1.54) is 116 Å². The number of carbonyl (C=O) groups is 1. The highest BCUT2D eigenvalue weighted by Gasteiger charge is 2.28. The smallest absolute Gasteiger partial charge is 0.249 e. The van der Waals surface area contributed by atoms with Gasteiger partial charge in [-0.05, 0) is 44.9 Å². The van der Waals surface area contributed by atoms with Gasteiger partial charge in [-0.2, -0.15) is 0 Å². The lowest BCUT2D eigenvalue weighted by Gasteiger charge is -2.27. The first-order chi connectivity index (χ1) is 23.0. The van der Waals surface area contributed by atoms with E-state index in [1.54, 1.807) is 0 Å². The fourth-order valence-electron chi connectivity index (χ4n) is 6.14. The quantitative estimate of drug-likeness (QED) is 0.0338. The molecular formula is C41H79NO5. The van der Waals surface area contributed by atoms with Crippen LogP contribution in [0.4, 0.5) is 0 Å². The Morgan fingerprint density at radius 2 is 0.915 bits per heavy atom. The van der Waals surface area contributed by atoms with Crippen molar-refractivity contribution in [3.05, 3.63) is 24.3 Å². The van der Waals surface area contributed by atoms with Gasteiger partial charge in [-0.3, -0.25) is 4.79 Å². The molecule has 6 heteroatoms. The van der Waals surface area contributed by atoms with Gasteiger partial charge in [-0.15, -0.1) is 0 Å². The summed E-state index contributed by atoms with van der Waals surface area (Å²) in [7, 11) is 0. The van der Waals surface area contributed by atoms with Crippen molar-refractivity contribution < 1.29 is 25.2 Å². The van der Waals surface area contributed by atoms with Crippen LogP contribution in [0.5, 0.6) is 0 Å². The van der Waals surface area contributed by atoms with Crippen molar-refractivity contribution in [1.29, 1.82) is 0 Å². The van der Waals surface area contributed by atoms with E-state index in [-0.39, 0.29) is 0 Å². The molecule has 0 rings (SSSR count). The molecule has 0 saturated heterocycles. The summed E-state index contributed by atoms with van der Waals surface area (Å²) < 4.78 is 0. The monoisotopic (exact) mass is 666 g/mol. The van der Waals surface area contributed by atoms with Crippen LogP contribution < -0.4 is 5.32 Å². The Labute approximate surface area is 291 Å². The number of nitrogens with one attached hydrogen (secondary N) is 1. The summed E-state index contributed by atoms with van der Waals surface area (Å²) in [4.78, 5) is 12.4. The maximum absolute atomic E-state index is 12.4. The van der Waals surface area contributed by atoms with Gasteiger partial charge < -0.3 is 25.7 Å². The molecule has 47 heavy (non-hydrogen) atoms. The van der Waals surface area contributed by atoms with E-state index in [2.05, 4.69) is 43.5 Å². The molecule has 0 spiro atoms. The summed E-state index contributed by atoms with van der Waals surface area (Å²) in [5.41, 5.74) is 0. The highest BCUT2D eigenvalue weighted by Crippen LogP contribution is 2.15. The Bertz CT molecular complexity index is 712. The van der Waals surface area contributed by atoms with Crippen LogP contribution in [0, 0.1) is 0 Å². The van der Waals surface area contributed by atoms with E-state index in [0.29, 0.717) is 12.8 Å². The van der Waals surface area contributed by atoms with Crippen LogP contribution in [-0.4, -0.2) is 57.3 Å². The van der Waals surface area contributed by atoms with E-state index in [9.17, 15) is 25.2 Å². The number of aliphatic hydroxyl groups is 4. The Morgan fingerprint density at radius 1 is 0.532 bits per heavy atom. The SMILES string of the molecule is CCCCCCCCCCC/C=C\C/C=C\CCCCCCCCC(O)C(=O)NC(CO)C(O)C(O)CCCCCCCCCCC. The van der Waals surface area contributed by atoms with Crippen LogP contribution >= 0.6 is 0 Å². The molecule has 0 aromatic heterocycles. The second kappa shape index (κ2) is 36.1. The van der Waals surface area contributed by atoms with Crippen LogP contribution in [0.3, 0.4) is 0 Å². The molecule has 4 unspecified atom stereocenters. The van der Waals surface area contributed by atoms with Gasteiger partial charge in [0.05, 0.1) is 18.8 Å². The summed E-state index contributed by atoms with van der Waals surface area (Å²) >= 11 is 0. The summed E-state index contributed by atoms with van der Waals surface area (Å²) in [5.74, 6) is -0.594. The van der Waals surface area contributed by atoms with Gasteiger partial charge in [-0.1, -0.05) is 179 Å². The number of hydrogen-bond donors (Lipinski definition) is 5. The van der Waals surface area contributed by atoms with Crippen LogP contribution in [0.25, 0.3) is 0 Å². The largest absolute Gasteiger partial charge is 0.394 e. The minimum absolute atomic E-state index is 0.358. The van der Waals surface area contributed by atoms with E-state index in [0.717, 1.165) is 57.8 Å². The molecule has 0 heterocycles. The zero-order valence-electron chi connectivity index (χ0n) is 31.0. The summed E-state index contributed by atoms with van der Waals surface area (Å²) in [6.45, 7) is 4.01. The molecule has 4 atom stereocenters. The normalized spacial score (nSPS) is 14.6. The first-order valence-corrected chi connectivity index (χ1v) is 20.2. The first kappa shape index (κ1) is 45.8. The minimum Gasteiger partial charge on any atom is -0.394 e. The van der Waals surface area contributed by atoms with E-state index in [4.69, 9.17) is 0 Å². The Morgan fingerprint density at radius 3 is 1.34 bits per heavy atom. The van der Waals surface area contributed by atoms with Gasteiger partial charge in [0.15, 0.2) is 0 Å². The van der Waals surface area contributed by atoms with Crippen molar-refractivity contribution in [2.45, 2.75) is 224 Å². The Balaban J connectivity index is 3.75. The fraction of sp³-hybridized carbons (Fsp3) is 0.878. The molecule has 0 aliphatic heterocycles. The average molecular weight is 666 g/mol. The molecule has 0 fully saturated rings. The number of rotatable bonds is 36. The third kappa shape index (κ3) is 30.6. The zero-order chi connectivity index (χ0) is 34.6. The van der Waals surface area contributed by atoms with Crippen molar-refractivity contribution >= 4 is 5.91 Å². The molecule has 0 bridgehead atoms. The summed E-state index contributed by atoms with van der Waals surface area (Å²) in [6, 6.07) is -0.986. The molecule has 0 aliphatic carbocycles. The third-order valence-electron chi connectivity index (χ3n) is 9.42. The maximum Gasteiger partial charge on any atom is 0.249 e. The lowest BCUT2D eigenvalue weighted by Crippen LogP contribution is -2.53. The summed E-state index contributed by atoms with van der Waals surface area (Å²) in [5, 5.41) is 43.4. The number of carbonyl (C=O) groups excluding carboxylic acids is 1. The van der Waals surface area contributed by atoms with E-state index >= 15 is 0 Å². The van der Waals surface area contributed by atoms with Gasteiger partial charge in [0.2, 0.25) is 5.91 Å². The molecule has 1 amide bonds. The van der Waals surface area contributed by atoms with Crippen LogP contribution in [-0.2, 0) is 4.79 Å². The van der Waals surface area contributed by atoms with Gasteiger partial charge in [-0.25, -0.2) is 0 Å². The lowest BCUT2D eigenvalue weighted by molar-refractivity contribution is -0.132. The van der Waals surface area contributed by atoms with Gasteiger partial charge >= 0.3 is 0 Å². The maximum atomic E-state index is 12.4. The topological polar surface area (TPSA) is 110 Å². The predicted octanol–water partition coefficient (Wildman–Crippen LogP) is 10.0. The highest BCUT2D eigenvalue weighted by molar-refractivity contribution is 5.80. The zero-order valence-corrected chi connectivity index (χ0v) is 31.0. The number of allylic oxidation sites excluding steroid dienone is 4. The molecule has 0 radical (unpaired) electrons. The third-order valence-corrected chi connectivity index (χ3v) is 9.42. The molecule has 0 aliphatic rings. The molecule has 5 N–H and O–H groups in total. The van der Waals surface area contributed by atoms with E-state index in [1.807, 2.05) is 0 Å². The lowest BCUT2D eigenvalue weighted by atomic mass is 9.99. The Hall–Kier alpha value is -1.21. The van der Waals surface area contributed by atoms with Crippen molar-refractivity contribution in [3.63, 3.8) is 0 Å². The standard InChI is InChI=1S/C41H79NO5/c1-3-5-7-9-11-13-14-15-16-17-18-19-20-21-22-23-24-25-27-29-31-33-35-39(45)41(47)42-37(36-43)40(46)38(44)34-32-30-28-26-12-10-8-6-4-2/h18-19,21-22,37-40,43-46H,3-17,20,23-36H2,1-2H3,(H,42,47)/b19-18-,22-21-. The number of amides is 1. The molecule has 0 aromatic carbocycles. The second-order valence-corrected chi connectivity index (χ2v) is 14.0. The van der Waals surface area contributed by atoms with Gasteiger partial charge in [0.25, 0.3) is 0 Å². The average Bonchev–Trinajstić information content (AvgIpc) is 3.07. The number of aliphatic hydroxyl groups excluding tert-OH is 4. The highest BCUT2D eigenvalue weighted by atomic mass is 16.3. The van der Waals surface area contributed by atoms with Crippen molar-refractivity contribution in [3.8, 4) is 0 Å². The molecule has 6 nitrogen and oxygen atoms in total. The van der Waals surface area contributed by atoms with E-state index < -0.39 is 36.9 Å². The van der Waals surface area contributed by atoms with Crippen LogP contribution in [0.1, 0.15) is 200 Å². The summed E-state index contributed by atoms with van der Waals surface area (Å²) in [6.07, 6.45) is 39.3. The molecule has 0 aromatic rings. The van der Waals surface area contributed by atoms with Crippen molar-refractivity contribution in [2.24, 2.45) is 0 Å². The van der Waals surface area contributed by atoms with Gasteiger partial charge in [0, 0.05) is 0 Å².